The van der Waals surface area contributed by atoms with Gasteiger partial charge in [0.25, 0.3) is 0 Å². The van der Waals surface area contributed by atoms with Crippen molar-refractivity contribution < 1.29 is 24.3 Å². The number of carboxylic acids is 1. The van der Waals surface area contributed by atoms with E-state index in [1.54, 1.807) is 0 Å². The molecule has 1 aliphatic rings. The van der Waals surface area contributed by atoms with Gasteiger partial charge in [0.05, 0.1) is 6.54 Å². The lowest BCUT2D eigenvalue weighted by atomic mass is 10.1. The molecule has 1 heterocycles. The third kappa shape index (κ3) is 6.36. The molecule has 0 aromatic carbocycles. The summed E-state index contributed by atoms with van der Waals surface area (Å²) in [6.07, 6.45) is 3.24. The van der Waals surface area contributed by atoms with E-state index in [1.165, 1.54) is 16.7 Å². The maximum atomic E-state index is 12.6. The Bertz CT molecular complexity index is 534. The fourth-order valence-electron chi connectivity index (χ4n) is 2.70. The minimum atomic E-state index is -1.06. The molecule has 5 N–H and O–H groups in total. The lowest BCUT2D eigenvalue weighted by Gasteiger charge is -2.28. The van der Waals surface area contributed by atoms with Gasteiger partial charge in [-0.2, -0.15) is 24.4 Å². The largest absolute Gasteiger partial charge is 0.480 e. The van der Waals surface area contributed by atoms with Crippen LogP contribution in [0.2, 0.25) is 0 Å². The van der Waals surface area contributed by atoms with Crippen LogP contribution < -0.4 is 16.4 Å². The van der Waals surface area contributed by atoms with E-state index in [0.29, 0.717) is 31.6 Å². The molecule has 148 valence electrons. The summed E-state index contributed by atoms with van der Waals surface area (Å²) < 4.78 is 0. The summed E-state index contributed by atoms with van der Waals surface area (Å²) in [7, 11) is 0. The topological polar surface area (TPSA) is 142 Å². The summed E-state index contributed by atoms with van der Waals surface area (Å²) in [5.74, 6) is -1.87. The Hall–Kier alpha value is -1.46. The molecule has 0 aromatic heterocycles. The van der Waals surface area contributed by atoms with Gasteiger partial charge in [-0.15, -0.1) is 0 Å². The van der Waals surface area contributed by atoms with Crippen molar-refractivity contribution in [2.24, 2.45) is 5.73 Å². The fraction of sp³-hybridized carbons (Fsp3) is 0.733. The number of aliphatic carboxylic acids is 1. The SMILES string of the molecule is CSCCC(NC(=O)CN)C(=O)NC(CS)C(=O)N1CCCC1C(=O)O. The number of carbonyl (C=O) groups is 4. The van der Waals surface area contributed by atoms with Gasteiger partial charge in [0.1, 0.15) is 18.1 Å². The summed E-state index contributed by atoms with van der Waals surface area (Å²) in [4.78, 5) is 49.2. The van der Waals surface area contributed by atoms with Gasteiger partial charge in [-0.1, -0.05) is 0 Å². The highest BCUT2D eigenvalue weighted by molar-refractivity contribution is 7.98. The van der Waals surface area contributed by atoms with Crippen LogP contribution in [0.4, 0.5) is 0 Å². The van der Waals surface area contributed by atoms with E-state index >= 15 is 0 Å². The number of hydrogen-bond donors (Lipinski definition) is 5. The average Bonchev–Trinajstić information content (AvgIpc) is 3.12. The zero-order chi connectivity index (χ0) is 19.7. The number of rotatable bonds is 10. The molecule has 1 fully saturated rings. The van der Waals surface area contributed by atoms with E-state index in [0.717, 1.165) is 0 Å². The number of thioether (sulfide) groups is 1. The van der Waals surface area contributed by atoms with Crippen LogP contribution in [-0.4, -0.2) is 82.7 Å². The average molecular weight is 407 g/mol. The van der Waals surface area contributed by atoms with Crippen molar-refractivity contribution in [3.05, 3.63) is 0 Å². The van der Waals surface area contributed by atoms with Crippen molar-refractivity contribution in [2.75, 3.05) is 30.9 Å². The quantitative estimate of drug-likeness (QED) is 0.283. The van der Waals surface area contributed by atoms with Crippen LogP contribution in [0, 0.1) is 0 Å². The minimum Gasteiger partial charge on any atom is -0.480 e. The van der Waals surface area contributed by atoms with Crippen LogP contribution in [0.3, 0.4) is 0 Å². The first-order chi connectivity index (χ1) is 12.3. The Balaban J connectivity index is 2.78. The van der Waals surface area contributed by atoms with Gasteiger partial charge in [0, 0.05) is 12.3 Å². The van der Waals surface area contributed by atoms with E-state index in [-0.39, 0.29) is 12.3 Å². The molecular formula is C15H26N4O5S2. The molecule has 3 amide bonds. The van der Waals surface area contributed by atoms with Gasteiger partial charge in [-0.3, -0.25) is 14.4 Å². The molecule has 1 aliphatic heterocycles. The third-order valence-corrected chi connectivity index (χ3v) is 5.07. The van der Waals surface area contributed by atoms with Crippen molar-refractivity contribution in [3.63, 3.8) is 0 Å². The van der Waals surface area contributed by atoms with E-state index in [2.05, 4.69) is 23.3 Å². The second-order valence-electron chi connectivity index (χ2n) is 5.88. The summed E-state index contributed by atoms with van der Waals surface area (Å²) in [6, 6.07) is -2.66. The van der Waals surface area contributed by atoms with Gasteiger partial charge < -0.3 is 26.4 Å². The Kier molecular flexibility index (Phi) is 9.81. The Morgan fingerprint density at radius 2 is 2.00 bits per heavy atom. The Morgan fingerprint density at radius 1 is 1.31 bits per heavy atom. The highest BCUT2D eigenvalue weighted by Crippen LogP contribution is 2.19. The maximum Gasteiger partial charge on any atom is 0.326 e. The molecular weight excluding hydrogens is 380 g/mol. The molecule has 0 bridgehead atoms. The lowest BCUT2D eigenvalue weighted by molar-refractivity contribution is -0.149. The number of likely N-dealkylation sites (tertiary alicyclic amines) is 1. The van der Waals surface area contributed by atoms with Crippen molar-refractivity contribution in [3.8, 4) is 0 Å². The third-order valence-electron chi connectivity index (χ3n) is 4.07. The van der Waals surface area contributed by atoms with Crippen LogP contribution >= 0.6 is 24.4 Å². The van der Waals surface area contributed by atoms with E-state index in [4.69, 9.17) is 5.73 Å². The van der Waals surface area contributed by atoms with Crippen LogP contribution in [0.25, 0.3) is 0 Å². The zero-order valence-electron chi connectivity index (χ0n) is 14.6. The Labute approximate surface area is 162 Å². The van der Waals surface area contributed by atoms with Gasteiger partial charge in [0.2, 0.25) is 17.7 Å². The molecule has 11 heteroatoms. The van der Waals surface area contributed by atoms with Gasteiger partial charge in [0.15, 0.2) is 0 Å². The van der Waals surface area contributed by atoms with E-state index in [9.17, 15) is 24.3 Å². The molecule has 0 radical (unpaired) electrons. The van der Waals surface area contributed by atoms with Crippen LogP contribution in [0.15, 0.2) is 0 Å². The molecule has 0 aromatic rings. The van der Waals surface area contributed by atoms with Gasteiger partial charge in [-0.05, 0) is 31.3 Å². The number of hydrogen-bond acceptors (Lipinski definition) is 7. The normalized spacial score (nSPS) is 18.9. The highest BCUT2D eigenvalue weighted by atomic mass is 32.2. The van der Waals surface area contributed by atoms with Gasteiger partial charge >= 0.3 is 5.97 Å². The van der Waals surface area contributed by atoms with E-state index in [1.807, 2.05) is 6.26 Å². The number of nitrogens with two attached hydrogens (primary N) is 1. The number of nitrogens with one attached hydrogen (secondary N) is 2. The predicted octanol–water partition coefficient (Wildman–Crippen LogP) is -1.33. The molecule has 9 nitrogen and oxygen atoms in total. The Morgan fingerprint density at radius 3 is 2.54 bits per heavy atom. The summed E-state index contributed by atoms with van der Waals surface area (Å²) >= 11 is 5.63. The molecule has 3 unspecified atom stereocenters. The van der Waals surface area contributed by atoms with Crippen molar-refractivity contribution in [1.82, 2.24) is 15.5 Å². The first-order valence-corrected chi connectivity index (χ1v) is 10.3. The fourth-order valence-corrected chi connectivity index (χ4v) is 3.42. The number of carbonyl (C=O) groups excluding carboxylic acids is 3. The first-order valence-electron chi connectivity index (χ1n) is 8.28. The van der Waals surface area contributed by atoms with Gasteiger partial charge in [-0.25, -0.2) is 4.79 Å². The van der Waals surface area contributed by atoms with E-state index < -0.39 is 41.8 Å². The second-order valence-corrected chi connectivity index (χ2v) is 7.23. The number of nitrogens with zero attached hydrogens (tertiary/aromatic N) is 1. The smallest absolute Gasteiger partial charge is 0.326 e. The number of carboxylic acid groups (broad SMARTS) is 1. The van der Waals surface area contributed by atoms with Crippen molar-refractivity contribution in [1.29, 1.82) is 0 Å². The van der Waals surface area contributed by atoms with Crippen LogP contribution in [-0.2, 0) is 19.2 Å². The van der Waals surface area contributed by atoms with Crippen molar-refractivity contribution >= 4 is 48.1 Å². The zero-order valence-corrected chi connectivity index (χ0v) is 16.4. The predicted molar refractivity (Wildman–Crippen MR) is 102 cm³/mol. The summed E-state index contributed by atoms with van der Waals surface area (Å²) in [6.45, 7) is 0.0851. The first kappa shape index (κ1) is 22.6. The maximum absolute atomic E-state index is 12.6. The van der Waals surface area contributed by atoms with Crippen LogP contribution in [0.5, 0.6) is 0 Å². The number of amides is 3. The molecule has 0 spiro atoms. The molecule has 1 rings (SSSR count). The van der Waals surface area contributed by atoms with Crippen LogP contribution in [0.1, 0.15) is 19.3 Å². The standard InChI is InChI=1S/C15H26N4O5S2/c1-26-6-4-9(17-12(20)7-16)13(21)18-10(8-25)14(22)19-5-2-3-11(19)15(23)24/h9-11,25H,2-8,16H2,1H3,(H,17,20)(H,18,21)(H,23,24). The molecule has 0 aliphatic carbocycles. The summed E-state index contributed by atoms with van der Waals surface area (Å²) in [5, 5.41) is 14.3. The molecule has 3 atom stereocenters. The molecule has 26 heavy (non-hydrogen) atoms. The number of thiol groups is 1. The second kappa shape index (κ2) is 11.3. The highest BCUT2D eigenvalue weighted by Gasteiger charge is 2.37. The minimum absolute atomic E-state index is 0.0213. The summed E-state index contributed by atoms with van der Waals surface area (Å²) in [5.41, 5.74) is 5.27. The molecule has 1 saturated heterocycles. The monoisotopic (exact) mass is 406 g/mol. The molecule has 0 saturated carbocycles. The lowest BCUT2D eigenvalue weighted by Crippen LogP contribution is -2.57. The van der Waals surface area contributed by atoms with Crippen molar-refractivity contribution in [2.45, 2.75) is 37.4 Å².